The number of hydrogen-bond acceptors (Lipinski definition) is 6. The zero-order valence-electron chi connectivity index (χ0n) is 10.8. The number of hydrogen-bond donors (Lipinski definition) is 0. The van der Waals surface area contributed by atoms with Crippen molar-refractivity contribution in [3.8, 4) is 11.4 Å². The maximum absolute atomic E-state index is 5.27. The predicted molar refractivity (Wildman–Crippen MR) is 67.6 cm³/mol. The quantitative estimate of drug-likeness (QED) is 0.703. The van der Waals surface area contributed by atoms with E-state index in [1.165, 1.54) is 24.9 Å². The Labute approximate surface area is 114 Å². The van der Waals surface area contributed by atoms with Gasteiger partial charge in [-0.1, -0.05) is 5.16 Å². The van der Waals surface area contributed by atoms with Crippen molar-refractivity contribution in [1.82, 2.24) is 34.9 Å². The topological polar surface area (TPSA) is 87.5 Å². The van der Waals surface area contributed by atoms with Crippen molar-refractivity contribution in [2.45, 2.75) is 32.4 Å². The number of fused-ring (bicyclic) bond motifs is 1. The van der Waals surface area contributed by atoms with E-state index < -0.39 is 0 Å². The first-order valence-electron chi connectivity index (χ1n) is 6.62. The van der Waals surface area contributed by atoms with Gasteiger partial charge >= 0.3 is 0 Å². The van der Waals surface area contributed by atoms with Crippen molar-refractivity contribution < 1.29 is 4.52 Å². The Hall–Kier alpha value is -2.51. The van der Waals surface area contributed by atoms with Crippen LogP contribution in [0.3, 0.4) is 0 Å². The summed E-state index contributed by atoms with van der Waals surface area (Å²) < 4.78 is 9.09. The average molecular weight is 271 g/mol. The summed E-state index contributed by atoms with van der Waals surface area (Å²) in [5.41, 5.74) is 2.36. The summed E-state index contributed by atoms with van der Waals surface area (Å²) in [7, 11) is 0. The summed E-state index contributed by atoms with van der Waals surface area (Å²) in [5.74, 6) is 1.15. The molecule has 8 nitrogen and oxygen atoms in total. The van der Waals surface area contributed by atoms with Crippen molar-refractivity contribution >= 4 is 0 Å². The smallest absolute Gasteiger partial charge is 0.248 e. The zero-order valence-corrected chi connectivity index (χ0v) is 10.8. The molecule has 0 saturated carbocycles. The molecule has 3 aromatic rings. The molecule has 0 fully saturated rings. The molecule has 4 rings (SSSR count). The lowest BCUT2D eigenvalue weighted by atomic mass is 10.1. The Kier molecular flexibility index (Phi) is 2.58. The maximum Gasteiger partial charge on any atom is 0.248 e. The van der Waals surface area contributed by atoms with Crippen LogP contribution in [-0.2, 0) is 19.5 Å². The second kappa shape index (κ2) is 4.55. The Morgan fingerprint density at radius 3 is 3.20 bits per heavy atom. The summed E-state index contributed by atoms with van der Waals surface area (Å²) in [6.45, 7) is 1.46. The van der Waals surface area contributed by atoms with Gasteiger partial charge in [0.15, 0.2) is 0 Å². The molecule has 1 aliphatic rings. The molecule has 1 aliphatic heterocycles. The standard InChI is InChI=1S/C12H13N7O/c1-2-5-18-6-4-9(10(18)3-1)12-14-11(20-15-12)7-19-8-13-16-17-19/h4,6,8H,1-3,5,7H2. The highest BCUT2D eigenvalue weighted by Gasteiger charge is 2.18. The van der Waals surface area contributed by atoms with Crippen LogP contribution in [0.5, 0.6) is 0 Å². The van der Waals surface area contributed by atoms with Crippen LogP contribution in [0.4, 0.5) is 0 Å². The van der Waals surface area contributed by atoms with Gasteiger partial charge in [-0.15, -0.1) is 5.10 Å². The van der Waals surface area contributed by atoms with Crippen LogP contribution in [-0.4, -0.2) is 34.9 Å². The second-order valence-electron chi connectivity index (χ2n) is 4.85. The zero-order chi connectivity index (χ0) is 13.4. The molecule has 4 heterocycles. The lowest BCUT2D eigenvalue weighted by Crippen LogP contribution is -2.09. The van der Waals surface area contributed by atoms with E-state index in [-0.39, 0.29) is 0 Å². The maximum atomic E-state index is 5.27. The van der Waals surface area contributed by atoms with E-state index in [0.717, 1.165) is 18.5 Å². The summed E-state index contributed by atoms with van der Waals surface area (Å²) in [4.78, 5) is 4.43. The minimum atomic E-state index is 0.385. The molecule has 0 spiro atoms. The highest BCUT2D eigenvalue weighted by Crippen LogP contribution is 2.27. The molecule has 102 valence electrons. The molecule has 8 heteroatoms. The molecule has 0 saturated heterocycles. The molecule has 3 aromatic heterocycles. The largest absolute Gasteiger partial charge is 0.351 e. The summed E-state index contributed by atoms with van der Waals surface area (Å²) in [5, 5.41) is 15.0. The lowest BCUT2D eigenvalue weighted by molar-refractivity contribution is 0.364. The van der Waals surface area contributed by atoms with Crippen LogP contribution in [0.1, 0.15) is 24.4 Å². The number of rotatable bonds is 3. The Balaban J connectivity index is 1.63. The first-order chi connectivity index (χ1) is 9.90. The average Bonchev–Trinajstić information content (AvgIpc) is 3.18. The summed E-state index contributed by atoms with van der Waals surface area (Å²) in [6.07, 6.45) is 7.13. The van der Waals surface area contributed by atoms with Crippen molar-refractivity contribution in [2.75, 3.05) is 0 Å². The van der Waals surface area contributed by atoms with Gasteiger partial charge in [-0.05, 0) is 35.8 Å². The first kappa shape index (κ1) is 11.3. The van der Waals surface area contributed by atoms with Crippen LogP contribution in [0.25, 0.3) is 11.4 Å². The third kappa shape index (κ3) is 1.89. The molecule has 0 atom stereocenters. The minimum absolute atomic E-state index is 0.385. The number of aryl methyl sites for hydroxylation is 1. The molecule has 0 radical (unpaired) electrons. The Morgan fingerprint density at radius 1 is 1.30 bits per heavy atom. The third-order valence-corrected chi connectivity index (χ3v) is 3.54. The molecule has 0 bridgehead atoms. The van der Waals surface area contributed by atoms with E-state index in [9.17, 15) is 0 Å². The Morgan fingerprint density at radius 2 is 2.30 bits per heavy atom. The van der Waals surface area contributed by atoms with Crippen LogP contribution in [0.15, 0.2) is 23.1 Å². The monoisotopic (exact) mass is 271 g/mol. The molecule has 0 aromatic carbocycles. The number of nitrogens with zero attached hydrogens (tertiary/aromatic N) is 7. The van der Waals surface area contributed by atoms with Crippen LogP contribution in [0.2, 0.25) is 0 Å². The predicted octanol–water partition coefficient (Wildman–Crippen LogP) is 0.909. The lowest BCUT2D eigenvalue weighted by Gasteiger charge is -2.15. The van der Waals surface area contributed by atoms with Gasteiger partial charge < -0.3 is 9.09 Å². The highest BCUT2D eigenvalue weighted by atomic mass is 16.5. The van der Waals surface area contributed by atoms with Gasteiger partial charge in [0.2, 0.25) is 11.7 Å². The fourth-order valence-electron chi connectivity index (χ4n) is 2.59. The summed E-state index contributed by atoms with van der Waals surface area (Å²) in [6, 6.07) is 2.06. The number of tetrazole rings is 1. The second-order valence-corrected chi connectivity index (χ2v) is 4.85. The van der Waals surface area contributed by atoms with Gasteiger partial charge in [0.05, 0.1) is 0 Å². The van der Waals surface area contributed by atoms with Crippen molar-refractivity contribution in [2.24, 2.45) is 0 Å². The van der Waals surface area contributed by atoms with Crippen LogP contribution < -0.4 is 0 Å². The van der Waals surface area contributed by atoms with Crippen LogP contribution in [0, 0.1) is 0 Å². The molecule has 0 aliphatic carbocycles. The molecular weight excluding hydrogens is 258 g/mol. The van der Waals surface area contributed by atoms with Crippen molar-refractivity contribution in [3.63, 3.8) is 0 Å². The van der Waals surface area contributed by atoms with E-state index in [0.29, 0.717) is 18.3 Å². The van der Waals surface area contributed by atoms with Gasteiger partial charge in [0.1, 0.15) is 12.9 Å². The Bertz CT molecular complexity index is 712. The molecule has 0 N–H and O–H groups in total. The van der Waals surface area contributed by atoms with E-state index >= 15 is 0 Å². The van der Waals surface area contributed by atoms with Gasteiger partial charge in [-0.25, -0.2) is 4.68 Å². The van der Waals surface area contributed by atoms with Crippen molar-refractivity contribution in [1.29, 1.82) is 0 Å². The van der Waals surface area contributed by atoms with E-state index in [4.69, 9.17) is 4.52 Å². The first-order valence-corrected chi connectivity index (χ1v) is 6.62. The third-order valence-electron chi connectivity index (χ3n) is 3.54. The highest BCUT2D eigenvalue weighted by molar-refractivity contribution is 5.58. The SMILES string of the molecule is c1cn2c(c1-c1noc(Cn3cnnn3)n1)CCCC2. The fourth-order valence-corrected chi connectivity index (χ4v) is 2.59. The fraction of sp³-hybridized carbons (Fsp3) is 0.417. The minimum Gasteiger partial charge on any atom is -0.351 e. The summed E-state index contributed by atoms with van der Waals surface area (Å²) >= 11 is 0. The number of aromatic nitrogens is 7. The van der Waals surface area contributed by atoms with Gasteiger partial charge in [0, 0.05) is 24.0 Å². The van der Waals surface area contributed by atoms with E-state index in [1.807, 2.05) is 0 Å². The van der Waals surface area contributed by atoms with E-state index in [2.05, 4.69) is 42.5 Å². The van der Waals surface area contributed by atoms with Gasteiger partial charge in [-0.3, -0.25) is 0 Å². The van der Waals surface area contributed by atoms with Gasteiger partial charge in [0.25, 0.3) is 0 Å². The van der Waals surface area contributed by atoms with E-state index in [1.54, 1.807) is 4.68 Å². The normalized spacial score (nSPS) is 14.4. The van der Waals surface area contributed by atoms with Crippen molar-refractivity contribution in [3.05, 3.63) is 30.2 Å². The van der Waals surface area contributed by atoms with Crippen LogP contribution >= 0.6 is 0 Å². The molecule has 0 amide bonds. The molecular formula is C12H13N7O. The van der Waals surface area contributed by atoms with Gasteiger partial charge in [-0.2, -0.15) is 4.98 Å². The molecule has 0 unspecified atom stereocenters. The molecule has 20 heavy (non-hydrogen) atoms.